The lowest BCUT2D eigenvalue weighted by Crippen LogP contribution is -2.43. The molecule has 5 heteroatoms. The summed E-state index contributed by atoms with van der Waals surface area (Å²) < 4.78 is 15.9. The van der Waals surface area contributed by atoms with Crippen LogP contribution in [0.3, 0.4) is 0 Å². The lowest BCUT2D eigenvalue weighted by molar-refractivity contribution is 0.0269. The van der Waals surface area contributed by atoms with Gasteiger partial charge in [0, 0.05) is 18.7 Å². The molecule has 2 aliphatic heterocycles. The van der Waals surface area contributed by atoms with E-state index in [1.54, 1.807) is 18.2 Å². The van der Waals surface area contributed by atoms with Gasteiger partial charge in [0.05, 0.1) is 6.61 Å². The average molecular weight is 235 g/mol. The van der Waals surface area contributed by atoms with Crippen LogP contribution in [0, 0.1) is 0 Å². The van der Waals surface area contributed by atoms with Crippen molar-refractivity contribution >= 4 is 5.78 Å². The molecule has 5 nitrogen and oxygen atoms in total. The van der Waals surface area contributed by atoms with Crippen molar-refractivity contribution < 1.29 is 19.0 Å². The van der Waals surface area contributed by atoms with E-state index in [9.17, 15) is 4.79 Å². The van der Waals surface area contributed by atoms with Gasteiger partial charge in [-0.2, -0.15) is 0 Å². The molecule has 17 heavy (non-hydrogen) atoms. The molecule has 3 rings (SSSR count). The number of fused-ring (bicyclic) bond motifs is 1. The molecule has 0 saturated carbocycles. The number of carbonyl (C=O) groups excluding carboxylic acids is 1. The number of morpholine rings is 1. The molecular formula is C12H13NO4. The Morgan fingerprint density at radius 1 is 1.29 bits per heavy atom. The summed E-state index contributed by atoms with van der Waals surface area (Å²) in [5.74, 6) is 1.29. The number of rotatable bonds is 2. The lowest BCUT2D eigenvalue weighted by Gasteiger charge is -2.22. The zero-order valence-electron chi connectivity index (χ0n) is 9.27. The van der Waals surface area contributed by atoms with Gasteiger partial charge in [0.1, 0.15) is 6.10 Å². The van der Waals surface area contributed by atoms with Gasteiger partial charge in [0.2, 0.25) is 6.79 Å². The molecule has 0 bridgehead atoms. The maximum Gasteiger partial charge on any atom is 0.231 e. The molecule has 90 valence electrons. The van der Waals surface area contributed by atoms with E-state index in [1.807, 2.05) is 0 Å². The highest BCUT2D eigenvalue weighted by molar-refractivity contribution is 6.00. The standard InChI is InChI=1S/C12H13NO4/c14-12(11-6-13-3-4-15-11)8-1-2-9-10(5-8)17-7-16-9/h1-2,5,11,13H,3-4,6-7H2. The second kappa shape index (κ2) is 4.35. The third-order valence-corrected chi connectivity index (χ3v) is 2.88. The summed E-state index contributed by atoms with van der Waals surface area (Å²) in [6.07, 6.45) is -0.399. The first-order valence-electron chi connectivity index (χ1n) is 5.61. The van der Waals surface area contributed by atoms with E-state index in [2.05, 4.69) is 5.32 Å². The van der Waals surface area contributed by atoms with Crippen molar-refractivity contribution in [1.29, 1.82) is 0 Å². The fourth-order valence-electron chi connectivity index (χ4n) is 1.97. The first-order chi connectivity index (χ1) is 8.34. The van der Waals surface area contributed by atoms with Gasteiger partial charge < -0.3 is 19.5 Å². The molecule has 1 aromatic rings. The van der Waals surface area contributed by atoms with Crippen molar-refractivity contribution in [3.8, 4) is 11.5 Å². The molecule has 0 spiro atoms. The van der Waals surface area contributed by atoms with Crippen LogP contribution in [0.2, 0.25) is 0 Å². The van der Waals surface area contributed by atoms with Crippen LogP contribution in [0.5, 0.6) is 11.5 Å². The maximum atomic E-state index is 12.1. The summed E-state index contributed by atoms with van der Waals surface area (Å²) in [4.78, 5) is 12.1. The quantitative estimate of drug-likeness (QED) is 0.760. The number of Topliss-reactive ketones (excluding diaryl/α,β-unsaturated/α-hetero) is 1. The number of hydrogen-bond acceptors (Lipinski definition) is 5. The van der Waals surface area contributed by atoms with Gasteiger partial charge >= 0.3 is 0 Å². The number of ketones is 1. The van der Waals surface area contributed by atoms with E-state index < -0.39 is 6.10 Å². The fraction of sp³-hybridized carbons (Fsp3) is 0.417. The Kier molecular flexibility index (Phi) is 2.70. The number of nitrogens with one attached hydrogen (secondary N) is 1. The summed E-state index contributed by atoms with van der Waals surface area (Å²) in [5, 5.41) is 3.14. The van der Waals surface area contributed by atoms with E-state index >= 15 is 0 Å². The second-order valence-corrected chi connectivity index (χ2v) is 4.00. The van der Waals surface area contributed by atoms with Crippen molar-refractivity contribution in [1.82, 2.24) is 5.32 Å². The van der Waals surface area contributed by atoms with Crippen LogP contribution in [0.4, 0.5) is 0 Å². The normalized spacial score (nSPS) is 22.5. The van der Waals surface area contributed by atoms with Gasteiger partial charge in [-0.05, 0) is 18.2 Å². The van der Waals surface area contributed by atoms with Gasteiger partial charge in [-0.3, -0.25) is 4.79 Å². The minimum absolute atomic E-state index is 0.0181. The molecule has 2 aliphatic rings. The smallest absolute Gasteiger partial charge is 0.231 e. The van der Waals surface area contributed by atoms with Gasteiger partial charge in [0.25, 0.3) is 0 Å². The molecule has 1 saturated heterocycles. The third kappa shape index (κ3) is 1.99. The predicted octanol–water partition coefficient (Wildman–Crippen LogP) is 0.586. The third-order valence-electron chi connectivity index (χ3n) is 2.88. The molecule has 0 aromatic heterocycles. The van der Waals surface area contributed by atoms with Crippen LogP contribution >= 0.6 is 0 Å². The molecule has 1 N–H and O–H groups in total. The molecule has 2 heterocycles. The Balaban J connectivity index is 1.81. The molecular weight excluding hydrogens is 222 g/mol. The summed E-state index contributed by atoms with van der Waals surface area (Å²) >= 11 is 0. The van der Waals surface area contributed by atoms with Crippen LogP contribution in [-0.4, -0.2) is 38.4 Å². The highest BCUT2D eigenvalue weighted by atomic mass is 16.7. The summed E-state index contributed by atoms with van der Waals surface area (Å²) in [5.41, 5.74) is 0.600. The Morgan fingerprint density at radius 3 is 3.00 bits per heavy atom. The molecule has 1 atom stereocenters. The van der Waals surface area contributed by atoms with Gasteiger partial charge in [0.15, 0.2) is 17.3 Å². The zero-order valence-corrected chi connectivity index (χ0v) is 9.27. The first-order valence-corrected chi connectivity index (χ1v) is 5.61. The van der Waals surface area contributed by atoms with E-state index in [0.29, 0.717) is 30.2 Å². The topological polar surface area (TPSA) is 56.8 Å². The minimum Gasteiger partial charge on any atom is -0.454 e. The highest BCUT2D eigenvalue weighted by Crippen LogP contribution is 2.32. The molecule has 0 aliphatic carbocycles. The summed E-state index contributed by atoms with van der Waals surface area (Å²) in [7, 11) is 0. The van der Waals surface area contributed by atoms with E-state index in [1.165, 1.54) is 0 Å². The number of ether oxygens (including phenoxy) is 3. The van der Waals surface area contributed by atoms with Crippen molar-refractivity contribution in [2.75, 3.05) is 26.5 Å². The second-order valence-electron chi connectivity index (χ2n) is 4.00. The maximum absolute atomic E-state index is 12.1. The molecule has 1 fully saturated rings. The first kappa shape index (κ1) is 10.6. The van der Waals surface area contributed by atoms with Crippen LogP contribution in [-0.2, 0) is 4.74 Å². The van der Waals surface area contributed by atoms with Crippen molar-refractivity contribution in [2.45, 2.75) is 6.10 Å². The molecule has 0 amide bonds. The SMILES string of the molecule is O=C(c1ccc2c(c1)OCO2)C1CNCCO1. The fourth-order valence-corrected chi connectivity index (χ4v) is 1.97. The van der Waals surface area contributed by atoms with Crippen molar-refractivity contribution in [3.05, 3.63) is 23.8 Å². The monoisotopic (exact) mass is 235 g/mol. The van der Waals surface area contributed by atoms with Gasteiger partial charge in [-0.25, -0.2) is 0 Å². The summed E-state index contributed by atoms with van der Waals surface area (Å²) in [6.45, 7) is 2.15. The van der Waals surface area contributed by atoms with E-state index in [4.69, 9.17) is 14.2 Å². The number of hydrogen-bond donors (Lipinski definition) is 1. The summed E-state index contributed by atoms with van der Waals surface area (Å²) in [6, 6.07) is 5.21. The highest BCUT2D eigenvalue weighted by Gasteiger charge is 2.24. The average Bonchev–Trinajstić information content (AvgIpc) is 2.86. The van der Waals surface area contributed by atoms with Crippen LogP contribution in [0.1, 0.15) is 10.4 Å². The Hall–Kier alpha value is -1.59. The Morgan fingerprint density at radius 2 is 2.18 bits per heavy atom. The van der Waals surface area contributed by atoms with Crippen LogP contribution < -0.4 is 14.8 Å². The van der Waals surface area contributed by atoms with E-state index in [-0.39, 0.29) is 12.6 Å². The van der Waals surface area contributed by atoms with Crippen LogP contribution in [0.15, 0.2) is 18.2 Å². The Bertz CT molecular complexity index is 440. The minimum atomic E-state index is -0.399. The van der Waals surface area contributed by atoms with Crippen molar-refractivity contribution in [3.63, 3.8) is 0 Å². The van der Waals surface area contributed by atoms with Crippen molar-refractivity contribution in [2.24, 2.45) is 0 Å². The van der Waals surface area contributed by atoms with Gasteiger partial charge in [-0.15, -0.1) is 0 Å². The number of carbonyl (C=O) groups is 1. The van der Waals surface area contributed by atoms with E-state index in [0.717, 1.165) is 6.54 Å². The largest absolute Gasteiger partial charge is 0.454 e. The zero-order chi connectivity index (χ0) is 11.7. The van der Waals surface area contributed by atoms with Gasteiger partial charge in [-0.1, -0.05) is 0 Å². The Labute approximate surface area is 98.7 Å². The van der Waals surface area contributed by atoms with Crippen LogP contribution in [0.25, 0.3) is 0 Å². The molecule has 1 aromatic carbocycles. The molecule has 1 unspecified atom stereocenters. The molecule has 0 radical (unpaired) electrons. The lowest BCUT2D eigenvalue weighted by atomic mass is 10.0. The number of benzene rings is 1. The predicted molar refractivity (Wildman–Crippen MR) is 59.5 cm³/mol.